The molecule has 1 fully saturated rings. The van der Waals surface area contributed by atoms with Gasteiger partial charge in [0, 0.05) is 31.9 Å². The van der Waals surface area contributed by atoms with Crippen molar-refractivity contribution in [3.05, 3.63) is 29.3 Å². The number of morpholine rings is 1. The molecule has 0 spiro atoms. The minimum Gasteiger partial charge on any atom is -0.384 e. The van der Waals surface area contributed by atoms with E-state index in [2.05, 4.69) is 34.0 Å². The van der Waals surface area contributed by atoms with E-state index < -0.39 is 0 Å². The van der Waals surface area contributed by atoms with Crippen LogP contribution in [0.25, 0.3) is 0 Å². The zero-order valence-corrected chi connectivity index (χ0v) is 10.0. The van der Waals surface area contributed by atoms with Gasteiger partial charge in [0.25, 0.3) is 0 Å². The van der Waals surface area contributed by atoms with E-state index in [0.29, 0.717) is 0 Å². The topological polar surface area (TPSA) is 36.5 Å². The molecule has 0 saturated carbocycles. The molecule has 4 nitrogen and oxygen atoms in total. The lowest BCUT2D eigenvalue weighted by Gasteiger charge is -2.27. The molecular formula is C13H19N3O. The van der Waals surface area contributed by atoms with Crippen LogP contribution in [0.1, 0.15) is 11.1 Å². The fourth-order valence-corrected chi connectivity index (χ4v) is 2.48. The minimum absolute atomic E-state index is 0.831. The number of fused-ring (bicyclic) bond motifs is 1. The summed E-state index contributed by atoms with van der Waals surface area (Å²) in [5.41, 5.74) is 7.64. The molecule has 0 unspecified atom stereocenters. The number of hydrogen-bond donors (Lipinski definition) is 2. The lowest BCUT2D eigenvalue weighted by molar-refractivity contribution is 0.0106. The van der Waals surface area contributed by atoms with Crippen LogP contribution in [0.4, 0.5) is 5.69 Å². The van der Waals surface area contributed by atoms with Crippen molar-refractivity contribution >= 4 is 5.69 Å². The summed E-state index contributed by atoms with van der Waals surface area (Å²) in [7, 11) is 0. The standard InChI is InChI=1S/C13H19N3O/c1-2-11-4-5-14-13(11)12(3-1)10-15-16-6-8-17-9-7-16/h1-3,14-15H,4-10H2. The molecule has 17 heavy (non-hydrogen) atoms. The summed E-state index contributed by atoms with van der Waals surface area (Å²) in [6.45, 7) is 5.58. The van der Waals surface area contributed by atoms with Gasteiger partial charge in [0.1, 0.15) is 0 Å². The summed E-state index contributed by atoms with van der Waals surface area (Å²) in [5, 5.41) is 5.72. The number of para-hydroxylation sites is 1. The van der Waals surface area contributed by atoms with E-state index in [-0.39, 0.29) is 0 Å². The van der Waals surface area contributed by atoms with Gasteiger partial charge in [0.15, 0.2) is 0 Å². The number of hydrogen-bond acceptors (Lipinski definition) is 4. The summed E-state index contributed by atoms with van der Waals surface area (Å²) in [4.78, 5) is 0. The Morgan fingerprint density at radius 1 is 1.29 bits per heavy atom. The average molecular weight is 233 g/mol. The Balaban J connectivity index is 1.63. The van der Waals surface area contributed by atoms with Crippen molar-refractivity contribution in [3.63, 3.8) is 0 Å². The molecule has 1 aromatic rings. The Kier molecular flexibility index (Phi) is 3.27. The van der Waals surface area contributed by atoms with Gasteiger partial charge in [-0.25, -0.2) is 5.01 Å². The van der Waals surface area contributed by atoms with Gasteiger partial charge in [-0.3, -0.25) is 5.43 Å². The number of nitrogens with zero attached hydrogens (tertiary/aromatic N) is 1. The van der Waals surface area contributed by atoms with E-state index in [1.165, 1.54) is 16.8 Å². The molecule has 1 aromatic carbocycles. The lowest BCUT2D eigenvalue weighted by atomic mass is 10.1. The molecule has 2 N–H and O–H groups in total. The normalized spacial score (nSPS) is 20.0. The molecule has 2 heterocycles. The molecule has 0 aliphatic carbocycles. The maximum Gasteiger partial charge on any atom is 0.0608 e. The van der Waals surface area contributed by atoms with Crippen LogP contribution < -0.4 is 10.7 Å². The van der Waals surface area contributed by atoms with Crippen molar-refractivity contribution in [3.8, 4) is 0 Å². The number of anilines is 1. The van der Waals surface area contributed by atoms with Gasteiger partial charge >= 0.3 is 0 Å². The van der Waals surface area contributed by atoms with Crippen molar-refractivity contribution in [1.82, 2.24) is 10.4 Å². The molecule has 0 radical (unpaired) electrons. The highest BCUT2D eigenvalue weighted by Crippen LogP contribution is 2.26. The minimum atomic E-state index is 0.831. The fraction of sp³-hybridized carbons (Fsp3) is 0.538. The Labute approximate surface area is 102 Å². The molecule has 4 heteroatoms. The summed E-state index contributed by atoms with van der Waals surface area (Å²) in [6.07, 6.45) is 1.15. The van der Waals surface area contributed by atoms with E-state index in [9.17, 15) is 0 Å². The molecule has 0 aromatic heterocycles. The lowest BCUT2D eigenvalue weighted by Crippen LogP contribution is -2.45. The van der Waals surface area contributed by atoms with E-state index in [1.54, 1.807) is 0 Å². The number of rotatable bonds is 3. The Morgan fingerprint density at radius 2 is 2.18 bits per heavy atom. The summed E-state index contributed by atoms with van der Waals surface area (Å²) in [6, 6.07) is 6.57. The second kappa shape index (κ2) is 5.04. The van der Waals surface area contributed by atoms with Gasteiger partial charge in [0.05, 0.1) is 13.2 Å². The maximum absolute atomic E-state index is 5.33. The van der Waals surface area contributed by atoms with Crippen LogP contribution in [0.2, 0.25) is 0 Å². The molecule has 2 aliphatic rings. The van der Waals surface area contributed by atoms with Gasteiger partial charge in [-0.05, 0) is 17.5 Å². The number of ether oxygens (including phenoxy) is 1. The highest BCUT2D eigenvalue weighted by molar-refractivity contribution is 5.61. The second-order valence-corrected chi connectivity index (χ2v) is 4.56. The van der Waals surface area contributed by atoms with Crippen molar-refractivity contribution in [1.29, 1.82) is 0 Å². The quantitative estimate of drug-likeness (QED) is 0.816. The third-order valence-electron chi connectivity index (χ3n) is 3.44. The first-order chi connectivity index (χ1) is 8.43. The number of benzene rings is 1. The number of nitrogens with one attached hydrogen (secondary N) is 2. The Bertz CT molecular complexity index is 388. The van der Waals surface area contributed by atoms with Crippen molar-refractivity contribution < 1.29 is 4.74 Å². The Hall–Kier alpha value is -1.10. The molecule has 2 aliphatic heterocycles. The van der Waals surface area contributed by atoms with Crippen molar-refractivity contribution in [2.45, 2.75) is 13.0 Å². The van der Waals surface area contributed by atoms with Crippen LogP contribution in [-0.2, 0) is 17.7 Å². The largest absolute Gasteiger partial charge is 0.384 e. The molecule has 0 amide bonds. The van der Waals surface area contributed by atoms with Crippen molar-refractivity contribution in [2.75, 3.05) is 38.2 Å². The van der Waals surface area contributed by atoms with Crippen LogP contribution in [0.5, 0.6) is 0 Å². The third-order valence-corrected chi connectivity index (χ3v) is 3.44. The average Bonchev–Trinajstić information content (AvgIpc) is 2.86. The summed E-state index contributed by atoms with van der Waals surface area (Å²) in [5.74, 6) is 0. The van der Waals surface area contributed by atoms with E-state index >= 15 is 0 Å². The van der Waals surface area contributed by atoms with Gasteiger partial charge in [-0.2, -0.15) is 0 Å². The van der Waals surface area contributed by atoms with Crippen LogP contribution in [0.3, 0.4) is 0 Å². The van der Waals surface area contributed by atoms with Crippen LogP contribution in [-0.4, -0.2) is 37.9 Å². The highest BCUT2D eigenvalue weighted by Gasteiger charge is 2.15. The van der Waals surface area contributed by atoms with Gasteiger partial charge in [0.2, 0.25) is 0 Å². The molecular weight excluding hydrogens is 214 g/mol. The second-order valence-electron chi connectivity index (χ2n) is 4.56. The number of hydrazine groups is 1. The van der Waals surface area contributed by atoms with Gasteiger partial charge < -0.3 is 10.1 Å². The van der Waals surface area contributed by atoms with E-state index in [1.807, 2.05) is 0 Å². The summed E-state index contributed by atoms with van der Waals surface area (Å²) >= 11 is 0. The molecule has 92 valence electrons. The molecule has 1 saturated heterocycles. The third kappa shape index (κ3) is 2.44. The zero-order chi connectivity index (χ0) is 11.5. The monoisotopic (exact) mass is 233 g/mol. The maximum atomic E-state index is 5.33. The smallest absolute Gasteiger partial charge is 0.0608 e. The van der Waals surface area contributed by atoms with E-state index in [4.69, 9.17) is 4.74 Å². The van der Waals surface area contributed by atoms with E-state index in [0.717, 1.165) is 45.8 Å². The first-order valence-electron chi connectivity index (χ1n) is 6.34. The highest BCUT2D eigenvalue weighted by atomic mass is 16.5. The molecule has 0 bridgehead atoms. The SMILES string of the molecule is c1cc2c(c(CNN3CCOCC3)c1)NCC2. The van der Waals surface area contributed by atoms with Crippen LogP contribution in [0.15, 0.2) is 18.2 Å². The Morgan fingerprint density at radius 3 is 3.06 bits per heavy atom. The van der Waals surface area contributed by atoms with Crippen LogP contribution in [0, 0.1) is 0 Å². The molecule has 0 atom stereocenters. The first kappa shape index (κ1) is 11.0. The fourth-order valence-electron chi connectivity index (χ4n) is 2.48. The predicted molar refractivity (Wildman–Crippen MR) is 67.9 cm³/mol. The van der Waals surface area contributed by atoms with Crippen LogP contribution >= 0.6 is 0 Å². The summed E-state index contributed by atoms with van der Waals surface area (Å²) < 4.78 is 5.33. The van der Waals surface area contributed by atoms with Gasteiger partial charge in [-0.1, -0.05) is 18.2 Å². The van der Waals surface area contributed by atoms with Crippen molar-refractivity contribution in [2.24, 2.45) is 0 Å². The first-order valence-corrected chi connectivity index (χ1v) is 6.34. The molecule has 3 rings (SSSR count). The van der Waals surface area contributed by atoms with Gasteiger partial charge in [-0.15, -0.1) is 0 Å². The zero-order valence-electron chi connectivity index (χ0n) is 10.0. The predicted octanol–water partition coefficient (Wildman–Crippen LogP) is 0.991.